The molecule has 0 saturated heterocycles. The van der Waals surface area contributed by atoms with Gasteiger partial charge in [-0.15, -0.1) is 0 Å². The van der Waals surface area contributed by atoms with E-state index in [9.17, 15) is 8.42 Å². The quantitative estimate of drug-likeness (QED) is 0.724. The topological polar surface area (TPSA) is 58.2 Å². The Morgan fingerprint density at radius 1 is 1.30 bits per heavy atom. The molecule has 0 spiro atoms. The van der Waals surface area contributed by atoms with E-state index in [1.807, 2.05) is 17.8 Å². The average molecular weight is 314 g/mol. The molecule has 1 aliphatic heterocycles. The van der Waals surface area contributed by atoms with Crippen molar-refractivity contribution in [2.24, 2.45) is 0 Å². The second-order valence-electron chi connectivity index (χ2n) is 4.95. The van der Waals surface area contributed by atoms with Crippen LogP contribution in [0.1, 0.15) is 24.8 Å². The molecule has 0 atom stereocenters. The van der Waals surface area contributed by atoms with E-state index in [0.717, 1.165) is 49.2 Å². The first-order valence-electron chi connectivity index (χ1n) is 6.99. The largest absolute Gasteiger partial charge is 0.384 e. The number of anilines is 1. The molecule has 112 valence electrons. The first kappa shape index (κ1) is 15.7. The van der Waals surface area contributed by atoms with E-state index < -0.39 is 10.0 Å². The molecule has 1 aromatic carbocycles. The van der Waals surface area contributed by atoms with Crippen molar-refractivity contribution < 1.29 is 8.42 Å². The molecular formula is C14H22N2O2S2. The molecule has 0 bridgehead atoms. The van der Waals surface area contributed by atoms with Gasteiger partial charge >= 0.3 is 0 Å². The van der Waals surface area contributed by atoms with Gasteiger partial charge < -0.3 is 5.32 Å². The van der Waals surface area contributed by atoms with Crippen molar-refractivity contribution in [2.75, 3.05) is 30.4 Å². The Morgan fingerprint density at radius 2 is 2.15 bits per heavy atom. The highest BCUT2D eigenvalue weighted by Gasteiger charge is 2.17. The van der Waals surface area contributed by atoms with Gasteiger partial charge in [-0.05, 0) is 55.0 Å². The number of benzene rings is 1. The summed E-state index contributed by atoms with van der Waals surface area (Å²) < 4.78 is 27.1. The smallest absolute Gasteiger partial charge is 0.240 e. The predicted molar refractivity (Wildman–Crippen MR) is 86.1 cm³/mol. The van der Waals surface area contributed by atoms with E-state index >= 15 is 0 Å². The van der Waals surface area contributed by atoms with Crippen molar-refractivity contribution in [3.63, 3.8) is 0 Å². The van der Waals surface area contributed by atoms with E-state index in [0.29, 0.717) is 11.4 Å². The summed E-state index contributed by atoms with van der Waals surface area (Å²) in [5.74, 6) is 1.14. The minimum Gasteiger partial charge on any atom is -0.384 e. The SMILES string of the molecule is CSCCCCCNS(=O)(=O)c1ccc2c(c1)CCN2. The van der Waals surface area contributed by atoms with Gasteiger partial charge in [0.2, 0.25) is 10.0 Å². The third-order valence-corrected chi connectivity index (χ3v) is 5.57. The third kappa shape index (κ3) is 4.14. The molecule has 2 rings (SSSR count). The van der Waals surface area contributed by atoms with Crippen LogP contribution in [0.25, 0.3) is 0 Å². The maximum absolute atomic E-state index is 12.2. The molecule has 0 saturated carbocycles. The van der Waals surface area contributed by atoms with Crippen molar-refractivity contribution in [1.82, 2.24) is 4.72 Å². The summed E-state index contributed by atoms with van der Waals surface area (Å²) in [6.07, 6.45) is 6.09. The second-order valence-corrected chi connectivity index (χ2v) is 7.70. The Bertz CT molecular complexity index is 544. The van der Waals surface area contributed by atoms with Gasteiger partial charge in [-0.1, -0.05) is 6.42 Å². The highest BCUT2D eigenvalue weighted by molar-refractivity contribution is 7.98. The zero-order valence-electron chi connectivity index (χ0n) is 11.8. The Labute approximate surface area is 125 Å². The molecule has 0 aromatic heterocycles. The van der Waals surface area contributed by atoms with Crippen molar-refractivity contribution in [2.45, 2.75) is 30.6 Å². The molecule has 0 amide bonds. The number of hydrogen-bond acceptors (Lipinski definition) is 4. The van der Waals surface area contributed by atoms with Crippen LogP contribution in [-0.4, -0.2) is 33.5 Å². The third-order valence-electron chi connectivity index (χ3n) is 3.41. The number of rotatable bonds is 8. The second kappa shape index (κ2) is 7.33. The van der Waals surface area contributed by atoms with E-state index in [-0.39, 0.29) is 0 Å². The number of hydrogen-bond donors (Lipinski definition) is 2. The van der Waals surface area contributed by atoms with Gasteiger partial charge in [0.15, 0.2) is 0 Å². The summed E-state index contributed by atoms with van der Waals surface area (Å²) in [6, 6.07) is 5.31. The lowest BCUT2D eigenvalue weighted by Gasteiger charge is -2.08. The van der Waals surface area contributed by atoms with Gasteiger partial charge in [-0.25, -0.2) is 13.1 Å². The molecule has 0 aliphatic carbocycles. The Hall–Kier alpha value is -0.720. The average Bonchev–Trinajstić information content (AvgIpc) is 2.90. The molecular weight excluding hydrogens is 292 g/mol. The van der Waals surface area contributed by atoms with Gasteiger partial charge in [0.05, 0.1) is 4.90 Å². The first-order chi connectivity index (χ1) is 9.63. The van der Waals surface area contributed by atoms with Gasteiger partial charge in [0.1, 0.15) is 0 Å². The van der Waals surface area contributed by atoms with Crippen molar-refractivity contribution >= 4 is 27.5 Å². The highest BCUT2D eigenvalue weighted by atomic mass is 32.2. The fourth-order valence-corrected chi connectivity index (χ4v) is 3.90. The Morgan fingerprint density at radius 3 is 2.95 bits per heavy atom. The van der Waals surface area contributed by atoms with Crippen LogP contribution < -0.4 is 10.0 Å². The van der Waals surface area contributed by atoms with Crippen LogP contribution in [0.15, 0.2) is 23.1 Å². The fraction of sp³-hybridized carbons (Fsp3) is 0.571. The van der Waals surface area contributed by atoms with Crippen LogP contribution in [0.2, 0.25) is 0 Å². The molecule has 2 N–H and O–H groups in total. The lowest BCUT2D eigenvalue weighted by molar-refractivity contribution is 0.576. The summed E-state index contributed by atoms with van der Waals surface area (Å²) >= 11 is 1.83. The van der Waals surface area contributed by atoms with Crippen LogP contribution in [-0.2, 0) is 16.4 Å². The Balaban J connectivity index is 1.87. The Kier molecular flexibility index (Phi) is 5.74. The lowest BCUT2D eigenvalue weighted by atomic mass is 10.2. The van der Waals surface area contributed by atoms with Crippen molar-refractivity contribution in [3.05, 3.63) is 23.8 Å². The molecule has 1 heterocycles. The van der Waals surface area contributed by atoms with Crippen LogP contribution >= 0.6 is 11.8 Å². The van der Waals surface area contributed by atoms with Gasteiger partial charge in [-0.2, -0.15) is 11.8 Å². The number of thioether (sulfide) groups is 1. The zero-order valence-corrected chi connectivity index (χ0v) is 13.4. The van der Waals surface area contributed by atoms with E-state index in [4.69, 9.17) is 0 Å². The van der Waals surface area contributed by atoms with Gasteiger partial charge in [0, 0.05) is 18.8 Å². The number of unbranched alkanes of at least 4 members (excludes halogenated alkanes) is 2. The molecule has 6 heteroatoms. The van der Waals surface area contributed by atoms with Crippen LogP contribution in [0.4, 0.5) is 5.69 Å². The minimum absolute atomic E-state index is 0.379. The molecule has 1 aromatic rings. The lowest BCUT2D eigenvalue weighted by Crippen LogP contribution is -2.24. The highest BCUT2D eigenvalue weighted by Crippen LogP contribution is 2.24. The van der Waals surface area contributed by atoms with Crippen LogP contribution in [0.5, 0.6) is 0 Å². The fourth-order valence-electron chi connectivity index (χ4n) is 2.29. The van der Waals surface area contributed by atoms with E-state index in [1.165, 1.54) is 0 Å². The van der Waals surface area contributed by atoms with E-state index in [2.05, 4.69) is 16.3 Å². The maximum Gasteiger partial charge on any atom is 0.240 e. The molecule has 0 radical (unpaired) electrons. The minimum atomic E-state index is -3.36. The summed E-state index contributed by atoms with van der Waals surface area (Å²) in [5.41, 5.74) is 2.15. The molecule has 4 nitrogen and oxygen atoms in total. The number of fused-ring (bicyclic) bond motifs is 1. The molecule has 0 fully saturated rings. The maximum atomic E-state index is 12.2. The normalized spacial score (nSPS) is 14.1. The monoisotopic (exact) mass is 314 g/mol. The summed E-state index contributed by atoms with van der Waals surface area (Å²) in [6.45, 7) is 1.41. The molecule has 20 heavy (non-hydrogen) atoms. The number of nitrogens with one attached hydrogen (secondary N) is 2. The van der Waals surface area contributed by atoms with Crippen LogP contribution in [0.3, 0.4) is 0 Å². The standard InChI is InChI=1S/C14H22N2O2S2/c1-19-10-4-2-3-8-16-20(17,18)13-5-6-14-12(11-13)7-9-15-14/h5-6,11,15-16H,2-4,7-10H2,1H3. The first-order valence-corrected chi connectivity index (χ1v) is 9.86. The number of sulfonamides is 1. The van der Waals surface area contributed by atoms with Crippen molar-refractivity contribution in [3.8, 4) is 0 Å². The summed E-state index contributed by atoms with van der Waals surface area (Å²) in [4.78, 5) is 0.379. The van der Waals surface area contributed by atoms with E-state index in [1.54, 1.807) is 12.1 Å². The molecule has 0 unspecified atom stereocenters. The van der Waals surface area contributed by atoms with Gasteiger partial charge in [-0.3, -0.25) is 0 Å². The summed E-state index contributed by atoms with van der Waals surface area (Å²) in [7, 11) is -3.36. The van der Waals surface area contributed by atoms with Gasteiger partial charge in [0.25, 0.3) is 0 Å². The molecule has 1 aliphatic rings. The van der Waals surface area contributed by atoms with Crippen LogP contribution in [0, 0.1) is 0 Å². The zero-order chi connectivity index (χ0) is 14.4. The summed E-state index contributed by atoms with van der Waals surface area (Å²) in [5, 5.41) is 3.23. The predicted octanol–water partition coefficient (Wildman–Crippen LogP) is 2.47. The van der Waals surface area contributed by atoms with Crippen molar-refractivity contribution in [1.29, 1.82) is 0 Å².